The average molecular weight is 478 g/mol. The SMILES string of the molecule is CN=C(NCC1(c2ccccc2)CC1)N1CCN(c2ncccn2)CC1.I. The predicted octanol–water partition coefficient (Wildman–Crippen LogP) is 2.52. The Hall–Kier alpha value is -1.90. The summed E-state index contributed by atoms with van der Waals surface area (Å²) in [6.07, 6.45) is 6.10. The second-order valence-electron chi connectivity index (χ2n) is 7.07. The van der Waals surface area contributed by atoms with E-state index in [1.54, 1.807) is 12.4 Å². The molecule has 1 aromatic carbocycles. The third-order valence-corrected chi connectivity index (χ3v) is 5.45. The van der Waals surface area contributed by atoms with Crippen molar-refractivity contribution in [2.45, 2.75) is 18.3 Å². The van der Waals surface area contributed by atoms with Gasteiger partial charge in [0.05, 0.1) is 0 Å². The Balaban J connectivity index is 0.00000210. The Kier molecular flexibility index (Phi) is 6.51. The molecule has 1 saturated heterocycles. The van der Waals surface area contributed by atoms with Gasteiger partial charge in [0.1, 0.15) is 0 Å². The van der Waals surface area contributed by atoms with Crippen LogP contribution < -0.4 is 10.2 Å². The molecule has 1 aliphatic heterocycles. The quantitative estimate of drug-likeness (QED) is 0.416. The highest BCUT2D eigenvalue weighted by Gasteiger charge is 2.44. The molecular formula is C20H27IN6. The molecule has 2 fully saturated rings. The zero-order valence-corrected chi connectivity index (χ0v) is 18.0. The van der Waals surface area contributed by atoms with E-state index in [-0.39, 0.29) is 29.4 Å². The first-order valence-electron chi connectivity index (χ1n) is 9.34. The van der Waals surface area contributed by atoms with E-state index in [0.29, 0.717) is 0 Å². The molecule has 1 saturated carbocycles. The van der Waals surface area contributed by atoms with Gasteiger partial charge in [-0.2, -0.15) is 0 Å². The molecule has 0 radical (unpaired) electrons. The summed E-state index contributed by atoms with van der Waals surface area (Å²) in [5.74, 6) is 1.82. The van der Waals surface area contributed by atoms with Crippen LogP contribution in [0.1, 0.15) is 18.4 Å². The van der Waals surface area contributed by atoms with E-state index in [9.17, 15) is 0 Å². The molecule has 7 heteroatoms. The molecule has 2 aromatic rings. The van der Waals surface area contributed by atoms with Crippen LogP contribution in [0.4, 0.5) is 5.95 Å². The van der Waals surface area contributed by atoms with Gasteiger partial charge >= 0.3 is 0 Å². The lowest BCUT2D eigenvalue weighted by Gasteiger charge is -2.36. The maximum atomic E-state index is 4.52. The van der Waals surface area contributed by atoms with Crippen LogP contribution in [0.5, 0.6) is 0 Å². The van der Waals surface area contributed by atoms with Crippen molar-refractivity contribution < 1.29 is 0 Å². The summed E-state index contributed by atoms with van der Waals surface area (Å²) in [5.41, 5.74) is 1.73. The smallest absolute Gasteiger partial charge is 0.225 e. The molecule has 1 aliphatic carbocycles. The number of halogens is 1. The van der Waals surface area contributed by atoms with Gasteiger partial charge in [-0.05, 0) is 24.5 Å². The number of hydrogen-bond acceptors (Lipinski definition) is 4. The van der Waals surface area contributed by atoms with Crippen LogP contribution in [0, 0.1) is 0 Å². The molecule has 6 nitrogen and oxygen atoms in total. The topological polar surface area (TPSA) is 56.7 Å². The molecule has 0 atom stereocenters. The van der Waals surface area contributed by atoms with Gasteiger partial charge in [-0.25, -0.2) is 9.97 Å². The van der Waals surface area contributed by atoms with E-state index in [1.807, 2.05) is 13.1 Å². The minimum Gasteiger partial charge on any atom is -0.355 e. The molecule has 27 heavy (non-hydrogen) atoms. The highest BCUT2D eigenvalue weighted by molar-refractivity contribution is 14.0. The molecular weight excluding hydrogens is 451 g/mol. The van der Waals surface area contributed by atoms with Crippen LogP contribution in [0.3, 0.4) is 0 Å². The number of nitrogens with one attached hydrogen (secondary N) is 1. The van der Waals surface area contributed by atoms with E-state index in [2.05, 4.69) is 60.4 Å². The third-order valence-electron chi connectivity index (χ3n) is 5.45. The summed E-state index contributed by atoms with van der Waals surface area (Å²) < 4.78 is 0. The van der Waals surface area contributed by atoms with Gasteiger partial charge < -0.3 is 15.1 Å². The zero-order valence-electron chi connectivity index (χ0n) is 15.7. The van der Waals surface area contributed by atoms with E-state index >= 15 is 0 Å². The molecule has 2 aliphatic rings. The van der Waals surface area contributed by atoms with Crippen LogP contribution in [0.25, 0.3) is 0 Å². The summed E-state index contributed by atoms with van der Waals surface area (Å²) >= 11 is 0. The van der Waals surface area contributed by atoms with Crippen molar-refractivity contribution >= 4 is 35.9 Å². The molecule has 144 valence electrons. The van der Waals surface area contributed by atoms with Crippen molar-refractivity contribution in [1.29, 1.82) is 0 Å². The highest BCUT2D eigenvalue weighted by atomic mass is 127. The van der Waals surface area contributed by atoms with Gasteiger partial charge in [0.15, 0.2) is 5.96 Å². The second kappa shape index (κ2) is 8.86. The summed E-state index contributed by atoms with van der Waals surface area (Å²) in [7, 11) is 1.87. The van der Waals surface area contributed by atoms with Crippen LogP contribution in [0.15, 0.2) is 53.8 Å². The molecule has 2 heterocycles. The number of anilines is 1. The highest BCUT2D eigenvalue weighted by Crippen LogP contribution is 2.47. The Bertz CT molecular complexity index is 740. The van der Waals surface area contributed by atoms with Gasteiger partial charge in [0.25, 0.3) is 0 Å². The number of nitrogens with zero attached hydrogens (tertiary/aromatic N) is 5. The van der Waals surface area contributed by atoms with Crippen molar-refractivity contribution in [1.82, 2.24) is 20.2 Å². The molecule has 4 rings (SSSR count). The molecule has 1 aromatic heterocycles. The Labute approximate surface area is 178 Å². The molecule has 0 amide bonds. The lowest BCUT2D eigenvalue weighted by Crippen LogP contribution is -2.53. The lowest BCUT2D eigenvalue weighted by molar-refractivity contribution is 0.368. The van der Waals surface area contributed by atoms with Gasteiger partial charge in [0, 0.05) is 57.6 Å². The van der Waals surface area contributed by atoms with E-state index in [0.717, 1.165) is 44.6 Å². The first-order chi connectivity index (χ1) is 12.8. The lowest BCUT2D eigenvalue weighted by atomic mass is 9.96. The molecule has 1 N–H and O–H groups in total. The molecule has 0 spiro atoms. The normalized spacial score (nSPS) is 18.6. The average Bonchev–Trinajstić information content (AvgIpc) is 3.51. The third kappa shape index (κ3) is 4.51. The van der Waals surface area contributed by atoms with Crippen molar-refractivity contribution in [3.63, 3.8) is 0 Å². The Morgan fingerprint density at radius 1 is 1.04 bits per heavy atom. The fourth-order valence-electron chi connectivity index (χ4n) is 3.66. The van der Waals surface area contributed by atoms with E-state index < -0.39 is 0 Å². The summed E-state index contributed by atoms with van der Waals surface area (Å²) in [5, 5.41) is 3.62. The number of hydrogen-bond donors (Lipinski definition) is 1. The fraction of sp³-hybridized carbons (Fsp3) is 0.450. The maximum Gasteiger partial charge on any atom is 0.225 e. The van der Waals surface area contributed by atoms with Crippen molar-refractivity contribution in [2.75, 3.05) is 44.7 Å². The van der Waals surface area contributed by atoms with Crippen LogP contribution in [-0.2, 0) is 5.41 Å². The summed E-state index contributed by atoms with van der Waals surface area (Å²) in [4.78, 5) is 17.8. The Morgan fingerprint density at radius 3 is 2.30 bits per heavy atom. The minimum atomic E-state index is 0. The number of rotatable bonds is 4. The monoisotopic (exact) mass is 478 g/mol. The van der Waals surface area contributed by atoms with Crippen molar-refractivity contribution in [3.05, 3.63) is 54.4 Å². The maximum absolute atomic E-state index is 4.52. The van der Waals surface area contributed by atoms with Crippen LogP contribution >= 0.6 is 24.0 Å². The van der Waals surface area contributed by atoms with Crippen molar-refractivity contribution in [2.24, 2.45) is 4.99 Å². The first-order valence-corrected chi connectivity index (χ1v) is 9.34. The first kappa shape index (κ1) is 19.9. The van der Waals surface area contributed by atoms with Gasteiger partial charge in [0.2, 0.25) is 5.95 Å². The van der Waals surface area contributed by atoms with Crippen LogP contribution in [0.2, 0.25) is 0 Å². The molecule has 0 unspecified atom stereocenters. The second-order valence-corrected chi connectivity index (χ2v) is 7.07. The van der Waals surface area contributed by atoms with E-state index in [1.165, 1.54) is 18.4 Å². The largest absolute Gasteiger partial charge is 0.355 e. The zero-order chi connectivity index (χ0) is 17.8. The van der Waals surface area contributed by atoms with Gasteiger partial charge in [-0.1, -0.05) is 30.3 Å². The van der Waals surface area contributed by atoms with Crippen molar-refractivity contribution in [3.8, 4) is 0 Å². The number of aromatic nitrogens is 2. The summed E-state index contributed by atoms with van der Waals surface area (Å²) in [6, 6.07) is 12.7. The van der Waals surface area contributed by atoms with Gasteiger partial charge in [-0.15, -0.1) is 24.0 Å². The molecule has 0 bridgehead atoms. The standard InChI is InChI=1S/C20H26N6.HI/c1-21-18(24-16-20(8-9-20)17-6-3-2-4-7-17)25-12-14-26(15-13-25)19-22-10-5-11-23-19;/h2-7,10-11H,8-9,12-16H2,1H3,(H,21,24);1H. The number of aliphatic imine (C=N–C) groups is 1. The predicted molar refractivity (Wildman–Crippen MR) is 120 cm³/mol. The van der Waals surface area contributed by atoms with E-state index in [4.69, 9.17) is 0 Å². The number of benzene rings is 1. The van der Waals surface area contributed by atoms with Crippen LogP contribution in [-0.4, -0.2) is 60.6 Å². The number of guanidine groups is 1. The Morgan fingerprint density at radius 2 is 1.70 bits per heavy atom. The minimum absolute atomic E-state index is 0. The fourth-order valence-corrected chi connectivity index (χ4v) is 3.66. The van der Waals surface area contributed by atoms with Gasteiger partial charge in [-0.3, -0.25) is 4.99 Å². The summed E-state index contributed by atoms with van der Waals surface area (Å²) in [6.45, 7) is 4.63. The number of piperazine rings is 1.